The van der Waals surface area contributed by atoms with Crippen LogP contribution in [0.1, 0.15) is 12.2 Å². The largest absolute Gasteiger partial charge is 0.364 e. The molecule has 2 N–H and O–H groups in total. The molecule has 0 radical (unpaired) electrons. The van der Waals surface area contributed by atoms with Gasteiger partial charge in [0, 0.05) is 6.04 Å². The number of fused-ring (bicyclic) bond motifs is 1. The van der Waals surface area contributed by atoms with Gasteiger partial charge in [-0.15, -0.1) is 0 Å². The minimum Gasteiger partial charge on any atom is -0.364 e. The van der Waals surface area contributed by atoms with Crippen LogP contribution in [0.15, 0.2) is 18.2 Å². The summed E-state index contributed by atoms with van der Waals surface area (Å²) in [5, 5.41) is 2.63. The van der Waals surface area contributed by atoms with Crippen LogP contribution in [0.3, 0.4) is 0 Å². The Bertz CT molecular complexity index is 834. The van der Waals surface area contributed by atoms with Gasteiger partial charge in [0.2, 0.25) is 5.91 Å². The Morgan fingerprint density at radius 1 is 1.48 bits per heavy atom. The van der Waals surface area contributed by atoms with E-state index >= 15 is 0 Å². The molecule has 9 heteroatoms. The van der Waals surface area contributed by atoms with Crippen molar-refractivity contribution in [1.82, 2.24) is 15.3 Å². The number of sulfone groups is 1. The number of imidazole rings is 1. The Balaban J connectivity index is 1.47. The first kappa shape index (κ1) is 15.9. The van der Waals surface area contributed by atoms with Crippen molar-refractivity contribution in [3.05, 3.63) is 29.8 Å². The zero-order chi connectivity index (χ0) is 16.4. The highest BCUT2D eigenvalue weighted by molar-refractivity contribution is 7.91. The lowest BCUT2D eigenvalue weighted by atomic mass is 10.2. The molecule has 1 aliphatic rings. The number of H-pyrrole nitrogens is 1. The summed E-state index contributed by atoms with van der Waals surface area (Å²) in [6.45, 7) is -0.116. The van der Waals surface area contributed by atoms with Crippen LogP contribution in [-0.4, -0.2) is 48.4 Å². The molecule has 124 valence electrons. The van der Waals surface area contributed by atoms with E-state index in [0.29, 0.717) is 23.3 Å². The standard InChI is InChI=1S/C14H16FN3O4S/c15-9-1-2-11-12(5-9)18-13(17-11)6-22-7-14(19)16-10-3-4-23(20,21)8-10/h1-2,5,10H,3-4,6-8H2,(H,16,19)(H,17,18). The second-order valence-corrected chi connectivity index (χ2v) is 7.73. The normalized spacial score (nSPS) is 20.0. The Morgan fingerprint density at radius 2 is 2.30 bits per heavy atom. The highest BCUT2D eigenvalue weighted by Crippen LogP contribution is 2.13. The molecule has 1 fully saturated rings. The molecule has 1 aromatic carbocycles. The second-order valence-electron chi connectivity index (χ2n) is 5.51. The van der Waals surface area contributed by atoms with Crippen LogP contribution in [-0.2, 0) is 26.0 Å². The number of aromatic nitrogens is 2. The number of nitrogens with one attached hydrogen (secondary N) is 2. The van der Waals surface area contributed by atoms with E-state index in [1.54, 1.807) is 6.07 Å². The van der Waals surface area contributed by atoms with Gasteiger partial charge in [0.05, 0.1) is 22.5 Å². The van der Waals surface area contributed by atoms with E-state index in [0.717, 1.165) is 0 Å². The fourth-order valence-electron chi connectivity index (χ4n) is 2.52. The zero-order valence-electron chi connectivity index (χ0n) is 12.2. The van der Waals surface area contributed by atoms with E-state index < -0.39 is 9.84 Å². The number of aromatic amines is 1. The first-order valence-corrected chi connectivity index (χ1v) is 8.95. The Labute approximate surface area is 132 Å². The maximum Gasteiger partial charge on any atom is 0.246 e. The molecule has 0 bridgehead atoms. The van der Waals surface area contributed by atoms with Crippen molar-refractivity contribution in [3.8, 4) is 0 Å². The Hall–Kier alpha value is -2.00. The van der Waals surface area contributed by atoms with E-state index in [1.165, 1.54) is 12.1 Å². The summed E-state index contributed by atoms with van der Waals surface area (Å²) >= 11 is 0. The van der Waals surface area contributed by atoms with Gasteiger partial charge in [-0.2, -0.15) is 0 Å². The number of ether oxygens (including phenoxy) is 1. The third-order valence-electron chi connectivity index (χ3n) is 3.56. The monoisotopic (exact) mass is 341 g/mol. The van der Waals surface area contributed by atoms with Gasteiger partial charge in [0.1, 0.15) is 24.9 Å². The third-order valence-corrected chi connectivity index (χ3v) is 5.33. The van der Waals surface area contributed by atoms with Gasteiger partial charge in [-0.1, -0.05) is 0 Å². The minimum atomic E-state index is -3.02. The quantitative estimate of drug-likeness (QED) is 0.826. The van der Waals surface area contributed by atoms with Crippen molar-refractivity contribution in [2.75, 3.05) is 18.1 Å². The maximum atomic E-state index is 13.1. The predicted molar refractivity (Wildman–Crippen MR) is 80.9 cm³/mol. The number of hydrogen-bond acceptors (Lipinski definition) is 5. The van der Waals surface area contributed by atoms with Crippen LogP contribution in [0, 0.1) is 5.82 Å². The number of hydrogen-bond donors (Lipinski definition) is 2. The number of nitrogens with zero attached hydrogens (tertiary/aromatic N) is 1. The summed E-state index contributed by atoms with van der Waals surface area (Å²) in [6.07, 6.45) is 0.434. The van der Waals surface area contributed by atoms with E-state index in [9.17, 15) is 17.6 Å². The molecule has 0 aliphatic carbocycles. The number of amides is 1. The molecule has 1 aliphatic heterocycles. The lowest BCUT2D eigenvalue weighted by Gasteiger charge is -2.10. The van der Waals surface area contributed by atoms with Crippen LogP contribution in [0.2, 0.25) is 0 Å². The van der Waals surface area contributed by atoms with Crippen molar-refractivity contribution < 1.29 is 22.3 Å². The summed E-state index contributed by atoms with van der Waals surface area (Å²) in [5.74, 6) is -0.155. The van der Waals surface area contributed by atoms with Gasteiger partial charge in [-0.3, -0.25) is 4.79 Å². The summed E-state index contributed by atoms with van der Waals surface area (Å²) in [5.41, 5.74) is 1.18. The van der Waals surface area contributed by atoms with Gasteiger partial charge in [0.25, 0.3) is 0 Å². The molecule has 2 aromatic rings. The van der Waals surface area contributed by atoms with Crippen molar-refractivity contribution in [3.63, 3.8) is 0 Å². The van der Waals surface area contributed by atoms with Crippen molar-refractivity contribution in [2.24, 2.45) is 0 Å². The van der Waals surface area contributed by atoms with Crippen molar-refractivity contribution in [1.29, 1.82) is 0 Å². The molecule has 23 heavy (non-hydrogen) atoms. The molecule has 3 rings (SSSR count). The fraction of sp³-hybridized carbons (Fsp3) is 0.429. The molecular formula is C14H16FN3O4S. The average molecular weight is 341 g/mol. The minimum absolute atomic E-state index is 0.0200. The third kappa shape index (κ3) is 4.05. The van der Waals surface area contributed by atoms with Crippen LogP contribution in [0.5, 0.6) is 0 Å². The SMILES string of the molecule is O=C(COCc1nc2ccc(F)cc2[nH]1)NC1CCS(=O)(=O)C1. The number of rotatable bonds is 5. The lowest BCUT2D eigenvalue weighted by Crippen LogP contribution is -2.37. The Kier molecular flexibility index (Phi) is 4.31. The molecule has 7 nitrogen and oxygen atoms in total. The zero-order valence-corrected chi connectivity index (χ0v) is 13.0. The molecule has 1 atom stereocenters. The maximum absolute atomic E-state index is 13.1. The molecule has 0 saturated carbocycles. The summed E-state index contributed by atoms with van der Waals surface area (Å²) in [6, 6.07) is 3.86. The first-order valence-electron chi connectivity index (χ1n) is 7.13. The number of benzene rings is 1. The molecule has 1 aromatic heterocycles. The molecule has 1 amide bonds. The van der Waals surface area contributed by atoms with E-state index in [4.69, 9.17) is 4.74 Å². The summed E-state index contributed by atoms with van der Waals surface area (Å²) in [7, 11) is -3.02. The smallest absolute Gasteiger partial charge is 0.246 e. The fourth-order valence-corrected chi connectivity index (χ4v) is 4.19. The highest BCUT2D eigenvalue weighted by Gasteiger charge is 2.28. The molecule has 1 saturated heterocycles. The van der Waals surface area contributed by atoms with Crippen molar-refractivity contribution in [2.45, 2.75) is 19.1 Å². The topological polar surface area (TPSA) is 101 Å². The lowest BCUT2D eigenvalue weighted by molar-refractivity contribution is -0.126. The average Bonchev–Trinajstić information content (AvgIpc) is 3.01. The molecule has 0 spiro atoms. The van der Waals surface area contributed by atoms with Crippen molar-refractivity contribution >= 4 is 26.8 Å². The van der Waals surface area contributed by atoms with Crippen LogP contribution in [0.4, 0.5) is 4.39 Å². The highest BCUT2D eigenvalue weighted by atomic mass is 32.2. The number of halogens is 1. The Morgan fingerprint density at radius 3 is 3.04 bits per heavy atom. The molecule has 2 heterocycles. The summed E-state index contributed by atoms with van der Waals surface area (Å²) < 4.78 is 41.0. The van der Waals surface area contributed by atoms with Crippen LogP contribution >= 0.6 is 0 Å². The van der Waals surface area contributed by atoms with E-state index in [-0.39, 0.29) is 42.5 Å². The predicted octanol–water partition coefficient (Wildman–Crippen LogP) is 0.522. The van der Waals surface area contributed by atoms with Gasteiger partial charge in [-0.05, 0) is 24.6 Å². The van der Waals surface area contributed by atoms with Gasteiger partial charge in [-0.25, -0.2) is 17.8 Å². The number of carbonyl (C=O) groups is 1. The second kappa shape index (κ2) is 6.25. The first-order chi connectivity index (χ1) is 10.9. The van der Waals surface area contributed by atoms with E-state index in [1.807, 2.05) is 0 Å². The van der Waals surface area contributed by atoms with Gasteiger partial charge in [0.15, 0.2) is 9.84 Å². The van der Waals surface area contributed by atoms with Crippen LogP contribution < -0.4 is 5.32 Å². The van der Waals surface area contributed by atoms with Crippen LogP contribution in [0.25, 0.3) is 11.0 Å². The van der Waals surface area contributed by atoms with E-state index in [2.05, 4.69) is 15.3 Å². The molecular weight excluding hydrogens is 325 g/mol. The van der Waals surface area contributed by atoms with Gasteiger partial charge < -0.3 is 15.0 Å². The number of carbonyl (C=O) groups excluding carboxylic acids is 1. The summed E-state index contributed by atoms with van der Waals surface area (Å²) in [4.78, 5) is 18.8. The molecule has 1 unspecified atom stereocenters. The van der Waals surface area contributed by atoms with Gasteiger partial charge >= 0.3 is 0 Å².